The highest BCUT2D eigenvalue weighted by Crippen LogP contribution is 2.04. The van der Waals surface area contributed by atoms with Gasteiger partial charge in [-0.2, -0.15) is 0 Å². The summed E-state index contributed by atoms with van der Waals surface area (Å²) in [6, 6.07) is 2.60. The summed E-state index contributed by atoms with van der Waals surface area (Å²) in [5, 5.41) is 0. The molecule has 0 saturated heterocycles. The Balaban J connectivity index is 2.96. The molecule has 2 nitrogen and oxygen atoms in total. The fraction of sp³-hybridized carbons (Fsp3) is 0.900. The topological polar surface area (TPSA) is 24.7 Å². The summed E-state index contributed by atoms with van der Waals surface area (Å²) in [5.41, 5.74) is 0. The maximum absolute atomic E-state index is 3.99. The summed E-state index contributed by atoms with van der Waals surface area (Å²) in [6.45, 7) is 3.13. The molecule has 2 heteroatoms. The van der Waals surface area contributed by atoms with Gasteiger partial charge in [-0.05, 0) is 6.42 Å². The van der Waals surface area contributed by atoms with E-state index in [2.05, 4.69) is 22.9 Å². The zero-order valence-corrected chi connectivity index (χ0v) is 8.34. The maximum Gasteiger partial charge on any atom is 0.0889 e. The van der Waals surface area contributed by atoms with Crippen LogP contribution in [0.1, 0.15) is 45.4 Å². The summed E-state index contributed by atoms with van der Waals surface area (Å²) >= 11 is 0. The summed E-state index contributed by atoms with van der Waals surface area (Å²) < 4.78 is 0. The van der Waals surface area contributed by atoms with Gasteiger partial charge in [-0.1, -0.05) is 39.0 Å². The van der Waals surface area contributed by atoms with Crippen molar-refractivity contribution in [3.8, 4) is 0 Å². The number of unbranched alkanes of at least 4 members (excludes halogenated alkanes) is 5. The molecule has 0 radical (unpaired) electrons. The van der Waals surface area contributed by atoms with Crippen LogP contribution in [0.15, 0.2) is 9.98 Å². The fourth-order valence-electron chi connectivity index (χ4n) is 1.09. The number of hydrogen-bond donors (Lipinski definition) is 0. The van der Waals surface area contributed by atoms with Crippen molar-refractivity contribution in [3.05, 3.63) is 0 Å². The first-order chi connectivity index (χ1) is 5.91. The average Bonchev–Trinajstić information content (AvgIpc) is 2.10. The van der Waals surface area contributed by atoms with Crippen molar-refractivity contribution < 1.29 is 0 Å². The van der Waals surface area contributed by atoms with Crippen molar-refractivity contribution in [1.29, 1.82) is 0 Å². The second-order valence-electron chi connectivity index (χ2n) is 2.97. The minimum atomic E-state index is 0.892. The molecular weight excluding hydrogens is 148 g/mol. The van der Waals surface area contributed by atoms with Gasteiger partial charge in [-0.25, -0.2) is 9.98 Å². The molecule has 0 unspecified atom stereocenters. The molecule has 0 aromatic heterocycles. The Kier molecular flexibility index (Phi) is 9.84. The predicted octanol–water partition coefficient (Wildman–Crippen LogP) is 3.15. The molecule has 0 bridgehead atoms. The van der Waals surface area contributed by atoms with Crippen molar-refractivity contribution >= 4 is 6.01 Å². The summed E-state index contributed by atoms with van der Waals surface area (Å²) in [7, 11) is 1.70. The maximum atomic E-state index is 3.99. The second-order valence-corrected chi connectivity index (χ2v) is 2.97. The van der Waals surface area contributed by atoms with Crippen LogP contribution in [0.2, 0.25) is 0 Å². The van der Waals surface area contributed by atoms with Gasteiger partial charge in [0.15, 0.2) is 0 Å². The molecule has 0 aliphatic heterocycles. The molecule has 0 aliphatic rings. The van der Waals surface area contributed by atoms with Crippen molar-refractivity contribution in [1.82, 2.24) is 0 Å². The Labute approximate surface area is 75.8 Å². The highest BCUT2D eigenvalue weighted by atomic mass is 14.8. The Morgan fingerprint density at radius 2 is 1.67 bits per heavy atom. The third kappa shape index (κ3) is 9.38. The molecule has 0 spiro atoms. The third-order valence-electron chi connectivity index (χ3n) is 1.79. The smallest absolute Gasteiger partial charge is 0.0889 e. The normalized spacial score (nSPS) is 9.17. The molecule has 0 fully saturated rings. The SMILES string of the molecule is CCCCCCCCN=C=NC. The molecular formula is C10H20N2. The van der Waals surface area contributed by atoms with E-state index in [0.29, 0.717) is 0 Å². The van der Waals surface area contributed by atoms with Crippen LogP contribution in [-0.2, 0) is 0 Å². The molecule has 0 saturated carbocycles. The Morgan fingerprint density at radius 1 is 1.00 bits per heavy atom. The predicted molar refractivity (Wildman–Crippen MR) is 54.0 cm³/mol. The molecule has 0 atom stereocenters. The Bertz CT molecular complexity index is 135. The highest BCUT2D eigenvalue weighted by molar-refractivity contribution is 5.40. The molecule has 12 heavy (non-hydrogen) atoms. The quantitative estimate of drug-likeness (QED) is 0.412. The number of aliphatic imine (C=N–C) groups is 2. The first kappa shape index (κ1) is 11.4. The molecule has 0 aromatic carbocycles. The Morgan fingerprint density at radius 3 is 2.33 bits per heavy atom. The van der Waals surface area contributed by atoms with Gasteiger partial charge < -0.3 is 0 Å². The zero-order chi connectivity index (χ0) is 9.07. The van der Waals surface area contributed by atoms with Crippen LogP contribution in [0.4, 0.5) is 0 Å². The lowest BCUT2D eigenvalue weighted by Gasteiger charge is -1.96. The minimum Gasteiger partial charge on any atom is -0.229 e. The number of rotatable bonds is 7. The van der Waals surface area contributed by atoms with Crippen molar-refractivity contribution in [2.45, 2.75) is 45.4 Å². The molecule has 0 N–H and O–H groups in total. The molecule has 0 aromatic rings. The fourth-order valence-corrected chi connectivity index (χ4v) is 1.09. The van der Waals surface area contributed by atoms with Gasteiger partial charge in [0, 0.05) is 13.6 Å². The Hall–Kier alpha value is -0.620. The standard InChI is InChI=1S/C10H20N2/c1-3-4-5-6-7-8-9-12-10-11-2/h3-9H2,1-2H3. The van der Waals surface area contributed by atoms with E-state index < -0.39 is 0 Å². The van der Waals surface area contributed by atoms with E-state index >= 15 is 0 Å². The first-order valence-electron chi connectivity index (χ1n) is 4.92. The van der Waals surface area contributed by atoms with Crippen LogP contribution >= 0.6 is 0 Å². The lowest BCUT2D eigenvalue weighted by molar-refractivity contribution is 0.613. The van der Waals surface area contributed by atoms with E-state index in [0.717, 1.165) is 6.54 Å². The van der Waals surface area contributed by atoms with Crippen molar-refractivity contribution in [2.24, 2.45) is 9.98 Å². The molecule has 0 heterocycles. The summed E-state index contributed by atoms with van der Waals surface area (Å²) in [4.78, 5) is 7.66. The van der Waals surface area contributed by atoms with E-state index in [-0.39, 0.29) is 0 Å². The first-order valence-corrected chi connectivity index (χ1v) is 4.92. The van der Waals surface area contributed by atoms with Gasteiger partial charge >= 0.3 is 0 Å². The highest BCUT2D eigenvalue weighted by Gasteiger charge is 1.87. The van der Waals surface area contributed by atoms with Crippen LogP contribution < -0.4 is 0 Å². The lowest BCUT2D eigenvalue weighted by Crippen LogP contribution is -1.82. The second kappa shape index (κ2) is 10.4. The summed E-state index contributed by atoms with van der Waals surface area (Å²) in [5.74, 6) is 0. The van der Waals surface area contributed by atoms with Crippen LogP contribution in [0.5, 0.6) is 0 Å². The third-order valence-corrected chi connectivity index (χ3v) is 1.79. The molecule has 70 valence electrons. The summed E-state index contributed by atoms with van der Waals surface area (Å²) in [6.07, 6.45) is 7.91. The van der Waals surface area contributed by atoms with Gasteiger partial charge in [-0.15, -0.1) is 0 Å². The van der Waals surface area contributed by atoms with Gasteiger partial charge in [0.1, 0.15) is 0 Å². The van der Waals surface area contributed by atoms with Crippen molar-refractivity contribution in [2.75, 3.05) is 13.6 Å². The zero-order valence-electron chi connectivity index (χ0n) is 8.34. The van der Waals surface area contributed by atoms with E-state index in [1.54, 1.807) is 7.05 Å². The van der Waals surface area contributed by atoms with Gasteiger partial charge in [0.2, 0.25) is 0 Å². The van der Waals surface area contributed by atoms with Crippen LogP contribution in [0.3, 0.4) is 0 Å². The number of nitrogens with zero attached hydrogens (tertiary/aromatic N) is 2. The molecule has 0 amide bonds. The monoisotopic (exact) mass is 168 g/mol. The van der Waals surface area contributed by atoms with E-state index in [9.17, 15) is 0 Å². The largest absolute Gasteiger partial charge is 0.229 e. The number of hydrogen-bond acceptors (Lipinski definition) is 2. The van der Waals surface area contributed by atoms with Crippen LogP contribution in [-0.4, -0.2) is 19.6 Å². The molecule has 0 rings (SSSR count). The van der Waals surface area contributed by atoms with Crippen molar-refractivity contribution in [3.63, 3.8) is 0 Å². The van der Waals surface area contributed by atoms with E-state index in [1.165, 1.54) is 38.5 Å². The van der Waals surface area contributed by atoms with Gasteiger partial charge in [-0.3, -0.25) is 0 Å². The van der Waals surface area contributed by atoms with Crippen LogP contribution in [0, 0.1) is 0 Å². The average molecular weight is 168 g/mol. The van der Waals surface area contributed by atoms with E-state index in [1.807, 2.05) is 0 Å². The van der Waals surface area contributed by atoms with Gasteiger partial charge in [0.25, 0.3) is 0 Å². The van der Waals surface area contributed by atoms with Crippen LogP contribution in [0.25, 0.3) is 0 Å². The van der Waals surface area contributed by atoms with Gasteiger partial charge in [0.05, 0.1) is 6.01 Å². The lowest BCUT2D eigenvalue weighted by atomic mass is 10.1. The molecule has 0 aliphatic carbocycles. The minimum absolute atomic E-state index is 0.892. The van der Waals surface area contributed by atoms with E-state index in [4.69, 9.17) is 0 Å².